The van der Waals surface area contributed by atoms with Crippen LogP contribution in [0.15, 0.2) is 36.0 Å². The van der Waals surface area contributed by atoms with E-state index in [1.54, 1.807) is 0 Å². The number of halogens is 3. The van der Waals surface area contributed by atoms with E-state index in [0.29, 0.717) is 12.2 Å². The number of benzene rings is 1. The fourth-order valence-electron chi connectivity index (χ4n) is 1.95. The molecule has 1 N–H and O–H groups in total. The maximum Gasteiger partial charge on any atom is 0.405 e. The van der Waals surface area contributed by atoms with Crippen molar-refractivity contribution in [2.75, 3.05) is 13.1 Å². The van der Waals surface area contributed by atoms with Gasteiger partial charge in [-0.15, -0.1) is 0 Å². The second kappa shape index (κ2) is 5.93. The molecule has 0 aliphatic carbocycles. The Morgan fingerprint density at radius 2 is 1.76 bits per heavy atom. The van der Waals surface area contributed by atoms with Crippen LogP contribution < -0.4 is 5.32 Å². The van der Waals surface area contributed by atoms with Crippen molar-refractivity contribution in [2.45, 2.75) is 32.5 Å². The van der Waals surface area contributed by atoms with E-state index in [-0.39, 0.29) is 5.54 Å². The monoisotopic (exact) mass is 316 g/mol. The molecule has 1 aliphatic heterocycles. The first-order chi connectivity index (χ1) is 9.67. The van der Waals surface area contributed by atoms with Gasteiger partial charge in [-0.1, -0.05) is 30.3 Å². The summed E-state index contributed by atoms with van der Waals surface area (Å²) in [5, 5.41) is 2.56. The minimum absolute atomic E-state index is 0.119. The standard InChI is InChI=1S/C15H19F3N2S/c1-14(2,3)20-9-12(19-10-15(16,17)18)13(21-20)11-7-5-4-6-8-11/h4-8,19H,9-10H2,1-3H3. The molecular formula is C15H19F3N2S. The first kappa shape index (κ1) is 16.2. The molecule has 0 saturated carbocycles. The molecule has 2 rings (SSSR count). The minimum Gasteiger partial charge on any atom is -0.378 e. The fraction of sp³-hybridized carbons (Fsp3) is 0.467. The molecule has 0 radical (unpaired) electrons. The zero-order valence-electron chi connectivity index (χ0n) is 12.3. The Hall–Kier alpha value is -1.14. The Morgan fingerprint density at radius 3 is 2.29 bits per heavy atom. The minimum atomic E-state index is -4.21. The summed E-state index contributed by atoms with van der Waals surface area (Å²) in [5.41, 5.74) is 1.46. The summed E-state index contributed by atoms with van der Waals surface area (Å²) >= 11 is 1.51. The average Bonchev–Trinajstić information content (AvgIpc) is 2.80. The van der Waals surface area contributed by atoms with Crippen LogP contribution in [0.2, 0.25) is 0 Å². The fourth-order valence-corrected chi connectivity index (χ4v) is 3.12. The van der Waals surface area contributed by atoms with E-state index < -0.39 is 12.7 Å². The van der Waals surface area contributed by atoms with Crippen LogP contribution in [0.3, 0.4) is 0 Å². The first-order valence-corrected chi connectivity index (χ1v) is 7.49. The lowest BCUT2D eigenvalue weighted by molar-refractivity contribution is -0.123. The molecule has 0 spiro atoms. The van der Waals surface area contributed by atoms with Gasteiger partial charge in [-0.2, -0.15) is 13.2 Å². The SMILES string of the molecule is CC(C)(C)N1CC(NCC(F)(F)F)=C(c2ccccc2)S1. The lowest BCUT2D eigenvalue weighted by Gasteiger charge is -2.30. The molecule has 2 nitrogen and oxygen atoms in total. The Kier molecular flexibility index (Phi) is 4.58. The quantitative estimate of drug-likeness (QED) is 0.838. The van der Waals surface area contributed by atoms with E-state index in [4.69, 9.17) is 0 Å². The maximum atomic E-state index is 12.5. The van der Waals surface area contributed by atoms with Crippen molar-refractivity contribution in [3.8, 4) is 0 Å². The van der Waals surface area contributed by atoms with Crippen molar-refractivity contribution in [1.29, 1.82) is 0 Å². The molecule has 21 heavy (non-hydrogen) atoms. The summed E-state index contributed by atoms with van der Waals surface area (Å²) in [6.45, 7) is 5.63. The van der Waals surface area contributed by atoms with Gasteiger partial charge in [0.25, 0.3) is 0 Å². The highest BCUT2D eigenvalue weighted by molar-refractivity contribution is 8.06. The van der Waals surface area contributed by atoms with Crippen molar-refractivity contribution >= 4 is 16.9 Å². The van der Waals surface area contributed by atoms with Gasteiger partial charge >= 0.3 is 6.18 Å². The Morgan fingerprint density at radius 1 is 1.14 bits per heavy atom. The predicted molar refractivity (Wildman–Crippen MR) is 81.5 cm³/mol. The Bertz CT molecular complexity index is 518. The van der Waals surface area contributed by atoms with E-state index >= 15 is 0 Å². The average molecular weight is 316 g/mol. The number of rotatable bonds is 3. The molecule has 1 heterocycles. The summed E-state index contributed by atoms with van der Waals surface area (Å²) < 4.78 is 39.5. The van der Waals surface area contributed by atoms with Gasteiger partial charge in [0, 0.05) is 11.2 Å². The van der Waals surface area contributed by atoms with Crippen LogP contribution in [-0.4, -0.2) is 29.1 Å². The third-order valence-corrected chi connectivity index (χ3v) is 4.63. The number of alkyl halides is 3. The van der Waals surface area contributed by atoms with E-state index in [1.165, 1.54) is 11.9 Å². The molecule has 0 aromatic heterocycles. The Labute approximate surface area is 127 Å². The van der Waals surface area contributed by atoms with Gasteiger partial charge in [-0.05, 0) is 38.3 Å². The molecule has 1 aromatic carbocycles. The summed E-state index contributed by atoms with van der Waals surface area (Å²) in [6.07, 6.45) is -4.21. The maximum absolute atomic E-state index is 12.5. The number of hydrogen-bond donors (Lipinski definition) is 1. The van der Waals surface area contributed by atoms with Crippen molar-refractivity contribution < 1.29 is 13.2 Å². The summed E-state index contributed by atoms with van der Waals surface area (Å²) in [6, 6.07) is 9.52. The van der Waals surface area contributed by atoms with Crippen molar-refractivity contribution in [2.24, 2.45) is 0 Å². The second-order valence-electron chi connectivity index (χ2n) is 5.94. The van der Waals surface area contributed by atoms with Gasteiger partial charge in [0.2, 0.25) is 0 Å². The van der Waals surface area contributed by atoms with Crippen molar-refractivity contribution in [3.05, 3.63) is 41.6 Å². The normalized spacial score (nSPS) is 17.4. The van der Waals surface area contributed by atoms with E-state index in [9.17, 15) is 13.2 Å². The summed E-state index contributed by atoms with van der Waals surface area (Å²) in [4.78, 5) is 0.870. The smallest absolute Gasteiger partial charge is 0.378 e. The van der Waals surface area contributed by atoms with Gasteiger partial charge in [0.15, 0.2) is 0 Å². The molecule has 0 unspecified atom stereocenters. The van der Waals surface area contributed by atoms with E-state index in [0.717, 1.165) is 10.5 Å². The molecule has 1 aliphatic rings. The highest BCUT2D eigenvalue weighted by Gasteiger charge is 2.34. The summed E-state index contributed by atoms with van der Waals surface area (Å²) in [7, 11) is 0. The third kappa shape index (κ3) is 4.41. The number of nitrogens with one attached hydrogen (secondary N) is 1. The molecule has 0 bridgehead atoms. The molecule has 116 valence electrons. The third-order valence-electron chi connectivity index (χ3n) is 3.06. The van der Waals surface area contributed by atoms with Gasteiger partial charge in [-0.3, -0.25) is 0 Å². The molecule has 6 heteroatoms. The number of nitrogens with zero attached hydrogens (tertiary/aromatic N) is 1. The van der Waals surface area contributed by atoms with E-state index in [2.05, 4.69) is 30.4 Å². The highest BCUT2D eigenvalue weighted by atomic mass is 32.2. The van der Waals surface area contributed by atoms with Gasteiger partial charge in [0.1, 0.15) is 6.54 Å². The van der Waals surface area contributed by atoms with Crippen molar-refractivity contribution in [1.82, 2.24) is 9.62 Å². The lowest BCUT2D eigenvalue weighted by atomic mass is 10.1. The van der Waals surface area contributed by atoms with Gasteiger partial charge in [0.05, 0.1) is 11.4 Å². The van der Waals surface area contributed by atoms with Gasteiger partial charge < -0.3 is 5.32 Å². The van der Waals surface area contributed by atoms with Crippen LogP contribution in [0.5, 0.6) is 0 Å². The Balaban J connectivity index is 2.24. The van der Waals surface area contributed by atoms with E-state index in [1.807, 2.05) is 30.3 Å². The topological polar surface area (TPSA) is 15.3 Å². The zero-order valence-corrected chi connectivity index (χ0v) is 13.1. The molecule has 0 fully saturated rings. The largest absolute Gasteiger partial charge is 0.405 e. The molecule has 0 amide bonds. The van der Waals surface area contributed by atoms with Crippen LogP contribution in [0.25, 0.3) is 4.91 Å². The second-order valence-corrected chi connectivity index (χ2v) is 6.97. The molecule has 0 atom stereocenters. The molecular weight excluding hydrogens is 297 g/mol. The zero-order chi connectivity index (χ0) is 15.7. The van der Waals surface area contributed by atoms with Crippen LogP contribution in [0.1, 0.15) is 26.3 Å². The summed E-state index contributed by atoms with van der Waals surface area (Å²) in [5.74, 6) is 0. The molecule has 0 saturated heterocycles. The highest BCUT2D eigenvalue weighted by Crippen LogP contribution is 2.42. The number of hydrogen-bond acceptors (Lipinski definition) is 3. The predicted octanol–water partition coefficient (Wildman–Crippen LogP) is 4.27. The van der Waals surface area contributed by atoms with Crippen LogP contribution >= 0.6 is 11.9 Å². The lowest BCUT2D eigenvalue weighted by Crippen LogP contribution is -2.37. The van der Waals surface area contributed by atoms with Gasteiger partial charge in [-0.25, -0.2) is 4.31 Å². The molecule has 1 aromatic rings. The first-order valence-electron chi connectivity index (χ1n) is 6.71. The van der Waals surface area contributed by atoms with Crippen LogP contribution in [0.4, 0.5) is 13.2 Å². The van der Waals surface area contributed by atoms with Crippen molar-refractivity contribution in [3.63, 3.8) is 0 Å². The van der Waals surface area contributed by atoms with Crippen LogP contribution in [0, 0.1) is 0 Å². The van der Waals surface area contributed by atoms with Crippen LogP contribution in [-0.2, 0) is 0 Å².